The van der Waals surface area contributed by atoms with E-state index in [1.807, 2.05) is 0 Å². The molecular formula is C20H45Cl2N. The lowest BCUT2D eigenvalue weighted by molar-refractivity contribution is -0.858. The Balaban J connectivity index is -0.000000354. The van der Waals surface area contributed by atoms with Crippen molar-refractivity contribution in [2.45, 2.75) is 104 Å². The van der Waals surface area contributed by atoms with Gasteiger partial charge in [0.2, 0.25) is 0 Å². The van der Waals surface area contributed by atoms with Crippen molar-refractivity contribution in [1.82, 2.24) is 0 Å². The normalized spacial score (nSPS) is 10.2. The molecule has 0 aromatic rings. The Hall–Kier alpha value is 0.540. The second-order valence-corrected chi connectivity index (χ2v) is 7.27. The minimum absolute atomic E-state index is 0. The zero-order chi connectivity index (χ0) is 16.9. The quantitative estimate of drug-likeness (QED) is 0.334. The van der Waals surface area contributed by atoms with Gasteiger partial charge in [0.15, 0.2) is 0 Å². The van der Waals surface area contributed by atoms with Gasteiger partial charge in [0, 0.05) is 5.88 Å². The zero-order valence-corrected chi connectivity index (χ0v) is 18.1. The van der Waals surface area contributed by atoms with Gasteiger partial charge in [-0.1, -0.05) is 84.5 Å². The minimum atomic E-state index is 0. The number of quaternary nitrogens is 1. The summed E-state index contributed by atoms with van der Waals surface area (Å²) in [6.45, 7) is 5.86. The van der Waals surface area contributed by atoms with Crippen LogP contribution >= 0.6 is 11.6 Å². The fraction of sp³-hybridized carbons (Fsp3) is 1.00. The number of nitrogens with one attached hydrogen (secondary N) is 1. The summed E-state index contributed by atoms with van der Waals surface area (Å²) in [5.74, 6) is 0.839. The average Bonchev–Trinajstić information content (AvgIpc) is 2.50. The highest BCUT2D eigenvalue weighted by molar-refractivity contribution is 6.17. The van der Waals surface area contributed by atoms with Crippen LogP contribution in [0.1, 0.15) is 104 Å². The van der Waals surface area contributed by atoms with Gasteiger partial charge in [-0.05, 0) is 19.3 Å². The van der Waals surface area contributed by atoms with Gasteiger partial charge in [-0.2, -0.15) is 0 Å². The van der Waals surface area contributed by atoms with Crippen LogP contribution in [-0.4, -0.2) is 26.5 Å². The summed E-state index contributed by atoms with van der Waals surface area (Å²) >= 11 is 5.51. The molecule has 0 aromatic heterocycles. The van der Waals surface area contributed by atoms with Crippen molar-refractivity contribution in [3.05, 3.63) is 0 Å². The van der Waals surface area contributed by atoms with E-state index >= 15 is 0 Å². The van der Waals surface area contributed by atoms with Crippen LogP contribution in [0.15, 0.2) is 0 Å². The lowest BCUT2D eigenvalue weighted by Gasteiger charge is -2.06. The molecule has 0 aromatic carbocycles. The Morgan fingerprint density at radius 1 is 0.565 bits per heavy atom. The SMILES string of the molecule is CCCCCCCCCC[NH+](C)C.CCCCCCCCCl.[Cl-]. The average molecular weight is 370 g/mol. The van der Waals surface area contributed by atoms with Crippen LogP contribution in [0.2, 0.25) is 0 Å². The Bertz CT molecular complexity index is 169. The monoisotopic (exact) mass is 369 g/mol. The standard InChI is InChI=1S/C12H27N.C8H17Cl.ClH/c1-4-5-6-7-8-9-10-11-12-13(2)3;1-2-3-4-5-6-7-8-9;/h4-12H2,1-3H3;2-8H2,1H3;1H. The third-order valence-corrected chi connectivity index (χ3v) is 4.28. The first-order chi connectivity index (χ1) is 10.7. The summed E-state index contributed by atoms with van der Waals surface area (Å²) in [5, 5.41) is 0. The number of rotatable bonds is 15. The lowest BCUT2D eigenvalue weighted by Crippen LogP contribution is -3.05. The maximum Gasteiger partial charge on any atom is 0.0766 e. The van der Waals surface area contributed by atoms with Crippen molar-refractivity contribution >= 4 is 11.6 Å². The predicted octanol–water partition coefficient (Wildman–Crippen LogP) is 2.86. The molecule has 0 saturated carbocycles. The molecule has 0 bridgehead atoms. The van der Waals surface area contributed by atoms with Crippen LogP contribution in [0.3, 0.4) is 0 Å². The fourth-order valence-electron chi connectivity index (χ4n) is 2.49. The summed E-state index contributed by atoms with van der Waals surface area (Å²) in [4.78, 5) is 1.59. The van der Waals surface area contributed by atoms with E-state index in [0.29, 0.717) is 0 Å². The first kappa shape index (κ1) is 28.3. The van der Waals surface area contributed by atoms with Crippen molar-refractivity contribution in [1.29, 1.82) is 0 Å². The second-order valence-electron chi connectivity index (χ2n) is 6.89. The van der Waals surface area contributed by atoms with Gasteiger partial charge < -0.3 is 17.3 Å². The molecule has 0 aliphatic heterocycles. The summed E-state index contributed by atoms with van der Waals surface area (Å²) in [7, 11) is 4.47. The number of hydrogen-bond acceptors (Lipinski definition) is 0. The summed E-state index contributed by atoms with van der Waals surface area (Å²) in [6, 6.07) is 0. The van der Waals surface area contributed by atoms with Crippen molar-refractivity contribution in [3.63, 3.8) is 0 Å². The molecule has 0 atom stereocenters. The van der Waals surface area contributed by atoms with Gasteiger partial charge in [0.1, 0.15) is 0 Å². The molecule has 0 unspecified atom stereocenters. The second kappa shape index (κ2) is 27.4. The maximum atomic E-state index is 5.51. The van der Waals surface area contributed by atoms with Crippen molar-refractivity contribution < 1.29 is 17.3 Å². The molecule has 0 aliphatic rings. The molecule has 0 saturated heterocycles. The first-order valence-electron chi connectivity index (χ1n) is 10.0. The number of halogens is 2. The molecule has 3 heteroatoms. The van der Waals surface area contributed by atoms with Crippen LogP contribution in [0.25, 0.3) is 0 Å². The molecule has 0 amide bonds. The van der Waals surface area contributed by atoms with Gasteiger partial charge in [0.05, 0.1) is 20.6 Å². The molecule has 1 N–H and O–H groups in total. The molecule has 1 nitrogen and oxygen atoms in total. The summed E-state index contributed by atoms with van der Waals surface area (Å²) < 4.78 is 0. The molecule has 0 fully saturated rings. The van der Waals surface area contributed by atoms with E-state index in [1.54, 1.807) is 4.90 Å². The molecule has 0 aliphatic carbocycles. The van der Waals surface area contributed by atoms with Crippen molar-refractivity contribution in [2.75, 3.05) is 26.5 Å². The largest absolute Gasteiger partial charge is 1.00 e. The van der Waals surface area contributed by atoms with Crippen LogP contribution < -0.4 is 17.3 Å². The van der Waals surface area contributed by atoms with Crippen molar-refractivity contribution in [3.8, 4) is 0 Å². The molecule has 0 rings (SSSR count). The van der Waals surface area contributed by atoms with Gasteiger partial charge in [0.25, 0.3) is 0 Å². The van der Waals surface area contributed by atoms with Crippen molar-refractivity contribution in [2.24, 2.45) is 0 Å². The van der Waals surface area contributed by atoms with Crippen LogP contribution in [0.4, 0.5) is 0 Å². The third kappa shape index (κ3) is 34.8. The van der Waals surface area contributed by atoms with Gasteiger partial charge >= 0.3 is 0 Å². The van der Waals surface area contributed by atoms with Gasteiger partial charge in [-0.3, -0.25) is 0 Å². The highest BCUT2D eigenvalue weighted by Crippen LogP contribution is 2.07. The Morgan fingerprint density at radius 2 is 0.913 bits per heavy atom. The minimum Gasteiger partial charge on any atom is -1.00 e. The molecular weight excluding hydrogens is 325 g/mol. The highest BCUT2D eigenvalue weighted by Gasteiger charge is 1.94. The number of hydrogen-bond donors (Lipinski definition) is 1. The maximum absolute atomic E-state index is 5.51. The predicted molar refractivity (Wildman–Crippen MR) is 104 cm³/mol. The molecule has 23 heavy (non-hydrogen) atoms. The smallest absolute Gasteiger partial charge is 0.0766 e. The Labute approximate surface area is 159 Å². The number of alkyl halides is 1. The van der Waals surface area contributed by atoms with E-state index in [9.17, 15) is 0 Å². The Kier molecular flexibility index (Phi) is 33.8. The van der Waals surface area contributed by atoms with E-state index in [2.05, 4.69) is 27.9 Å². The summed E-state index contributed by atoms with van der Waals surface area (Å²) in [5.41, 5.74) is 0. The van der Waals surface area contributed by atoms with E-state index in [0.717, 1.165) is 5.88 Å². The van der Waals surface area contributed by atoms with E-state index in [4.69, 9.17) is 11.6 Å². The molecule has 0 heterocycles. The number of unbranched alkanes of at least 4 members (excludes halogenated alkanes) is 12. The Morgan fingerprint density at radius 3 is 1.26 bits per heavy atom. The summed E-state index contributed by atoms with van der Waals surface area (Å²) in [6.07, 6.45) is 19.5. The molecule has 144 valence electrons. The topological polar surface area (TPSA) is 4.44 Å². The van der Waals surface area contributed by atoms with Crippen LogP contribution in [0, 0.1) is 0 Å². The van der Waals surface area contributed by atoms with Crippen LogP contribution in [0.5, 0.6) is 0 Å². The van der Waals surface area contributed by atoms with E-state index in [-0.39, 0.29) is 12.4 Å². The molecule has 0 spiro atoms. The van der Waals surface area contributed by atoms with E-state index in [1.165, 1.54) is 96.4 Å². The highest BCUT2D eigenvalue weighted by atomic mass is 35.5. The molecule has 0 radical (unpaired) electrons. The first-order valence-corrected chi connectivity index (χ1v) is 10.6. The zero-order valence-electron chi connectivity index (χ0n) is 16.6. The van der Waals surface area contributed by atoms with E-state index < -0.39 is 0 Å². The third-order valence-electron chi connectivity index (χ3n) is 4.02. The van der Waals surface area contributed by atoms with Gasteiger partial charge in [-0.15, -0.1) is 11.6 Å². The van der Waals surface area contributed by atoms with Crippen LogP contribution in [-0.2, 0) is 0 Å². The fourth-order valence-corrected chi connectivity index (χ4v) is 2.68. The van der Waals surface area contributed by atoms with Gasteiger partial charge in [-0.25, -0.2) is 0 Å². The lowest BCUT2D eigenvalue weighted by atomic mass is 10.1.